The Morgan fingerprint density at radius 3 is 2.70 bits per heavy atom. The van der Waals surface area contributed by atoms with Crippen LogP contribution in [0.3, 0.4) is 0 Å². The first kappa shape index (κ1) is 16.4. The van der Waals surface area contributed by atoms with E-state index in [0.29, 0.717) is 30.3 Å². The van der Waals surface area contributed by atoms with Crippen molar-refractivity contribution >= 4 is 28.3 Å². The Bertz CT molecular complexity index is 471. The van der Waals surface area contributed by atoms with Crippen LogP contribution in [0.25, 0.3) is 0 Å². The molecule has 0 unspecified atom stereocenters. The van der Waals surface area contributed by atoms with Gasteiger partial charge in [-0.15, -0.1) is 11.3 Å². The zero-order valence-electron chi connectivity index (χ0n) is 12.0. The van der Waals surface area contributed by atoms with E-state index < -0.39 is 11.4 Å². The molecule has 1 amide bonds. The number of hydrogen-bond donors (Lipinski definition) is 3. The molecule has 0 saturated heterocycles. The van der Waals surface area contributed by atoms with Gasteiger partial charge in [0.25, 0.3) is 0 Å². The van der Waals surface area contributed by atoms with Crippen LogP contribution in [-0.2, 0) is 15.0 Å². The van der Waals surface area contributed by atoms with Crippen molar-refractivity contribution in [1.29, 1.82) is 0 Å². The fraction of sp³-hybridized carbons (Fsp3) is 0.615. The van der Waals surface area contributed by atoms with E-state index in [1.54, 1.807) is 19.2 Å². The van der Waals surface area contributed by atoms with Crippen molar-refractivity contribution in [3.8, 4) is 0 Å². The molecule has 1 aromatic heterocycles. The number of carboxylic acid groups (broad SMARTS) is 1. The maximum atomic E-state index is 11.4. The molecular weight excluding hydrogens is 278 g/mol. The van der Waals surface area contributed by atoms with E-state index in [-0.39, 0.29) is 5.91 Å². The number of aromatic nitrogens is 1. The van der Waals surface area contributed by atoms with Gasteiger partial charge in [-0.3, -0.25) is 9.59 Å². The fourth-order valence-corrected chi connectivity index (χ4v) is 2.29. The maximum Gasteiger partial charge on any atom is 0.315 e. The summed E-state index contributed by atoms with van der Waals surface area (Å²) in [6.07, 6.45) is 1.29. The number of carboxylic acids is 1. The first-order valence-corrected chi connectivity index (χ1v) is 7.45. The number of rotatable bonds is 8. The van der Waals surface area contributed by atoms with Crippen molar-refractivity contribution < 1.29 is 14.7 Å². The Morgan fingerprint density at radius 2 is 2.10 bits per heavy atom. The number of nitrogens with one attached hydrogen (secondary N) is 2. The number of aliphatic carboxylic acids is 1. The summed E-state index contributed by atoms with van der Waals surface area (Å²) in [5, 5.41) is 17.3. The number of hydrogen-bond acceptors (Lipinski definition) is 5. The van der Waals surface area contributed by atoms with E-state index in [1.807, 2.05) is 6.92 Å². The number of nitrogens with zero attached hydrogens (tertiary/aromatic N) is 1. The molecule has 112 valence electrons. The molecule has 0 aromatic carbocycles. The van der Waals surface area contributed by atoms with Crippen molar-refractivity contribution in [2.45, 2.75) is 39.0 Å². The van der Waals surface area contributed by atoms with E-state index in [4.69, 9.17) is 5.11 Å². The molecule has 0 fully saturated rings. The average molecular weight is 299 g/mol. The molecule has 0 bridgehead atoms. The Labute approximate surface area is 122 Å². The highest BCUT2D eigenvalue weighted by molar-refractivity contribution is 7.13. The van der Waals surface area contributed by atoms with Gasteiger partial charge in [0, 0.05) is 24.9 Å². The van der Waals surface area contributed by atoms with Crippen LogP contribution < -0.4 is 10.6 Å². The van der Waals surface area contributed by atoms with Gasteiger partial charge in [-0.2, -0.15) is 0 Å². The summed E-state index contributed by atoms with van der Waals surface area (Å²) in [5.74, 6) is -0.907. The maximum absolute atomic E-state index is 11.4. The number of anilines is 1. The molecule has 6 nitrogen and oxygen atoms in total. The minimum absolute atomic E-state index is 0.00185. The summed E-state index contributed by atoms with van der Waals surface area (Å²) in [6, 6.07) is 0. The smallest absolute Gasteiger partial charge is 0.315 e. The monoisotopic (exact) mass is 299 g/mol. The number of carbonyl (C=O) groups excluding carboxylic acids is 1. The highest BCUT2D eigenvalue weighted by Crippen LogP contribution is 2.27. The standard InChI is InChI=1S/C13H21N3O3S/c1-4-6-14-10(17)5-7-15-12-16-9(8-20-12)13(2,3)11(18)19/h8H,4-7H2,1-3H3,(H,14,17)(H,15,16)(H,18,19). The third kappa shape index (κ3) is 4.48. The SMILES string of the molecule is CCCNC(=O)CCNc1nc(C(C)(C)C(=O)O)cs1. The minimum atomic E-state index is -1.01. The molecule has 0 saturated carbocycles. The lowest BCUT2D eigenvalue weighted by atomic mass is 9.90. The second kappa shape index (κ2) is 7.23. The van der Waals surface area contributed by atoms with E-state index in [1.165, 1.54) is 11.3 Å². The summed E-state index contributed by atoms with van der Waals surface area (Å²) in [4.78, 5) is 26.8. The molecule has 20 heavy (non-hydrogen) atoms. The Hall–Kier alpha value is -1.63. The van der Waals surface area contributed by atoms with Crippen molar-refractivity contribution in [3.63, 3.8) is 0 Å². The third-order valence-electron chi connectivity index (χ3n) is 2.88. The number of amides is 1. The van der Waals surface area contributed by atoms with E-state index >= 15 is 0 Å². The second-order valence-electron chi connectivity index (χ2n) is 4.99. The van der Waals surface area contributed by atoms with Crippen LogP contribution in [0, 0.1) is 0 Å². The van der Waals surface area contributed by atoms with Crippen molar-refractivity contribution in [2.24, 2.45) is 0 Å². The van der Waals surface area contributed by atoms with Gasteiger partial charge < -0.3 is 15.7 Å². The van der Waals surface area contributed by atoms with Gasteiger partial charge in [-0.1, -0.05) is 6.92 Å². The molecule has 0 spiro atoms. The van der Waals surface area contributed by atoms with Gasteiger partial charge in [0.05, 0.1) is 5.69 Å². The van der Waals surface area contributed by atoms with E-state index in [0.717, 1.165) is 6.42 Å². The third-order valence-corrected chi connectivity index (χ3v) is 3.68. The Kier molecular flexibility index (Phi) is 5.94. The molecule has 0 aliphatic carbocycles. The van der Waals surface area contributed by atoms with Crippen LogP contribution >= 0.6 is 11.3 Å². The van der Waals surface area contributed by atoms with Crippen LogP contribution in [0.1, 0.15) is 39.3 Å². The predicted molar refractivity (Wildman–Crippen MR) is 79.2 cm³/mol. The second-order valence-corrected chi connectivity index (χ2v) is 5.85. The van der Waals surface area contributed by atoms with Crippen LogP contribution in [0.15, 0.2) is 5.38 Å². The molecule has 0 aliphatic rings. The topological polar surface area (TPSA) is 91.3 Å². The molecule has 0 radical (unpaired) electrons. The summed E-state index contributed by atoms with van der Waals surface area (Å²) in [5.41, 5.74) is -0.484. The zero-order valence-corrected chi connectivity index (χ0v) is 12.8. The summed E-state index contributed by atoms with van der Waals surface area (Å²) in [6.45, 7) is 6.40. The summed E-state index contributed by atoms with van der Waals surface area (Å²) < 4.78 is 0. The van der Waals surface area contributed by atoms with Gasteiger partial charge >= 0.3 is 5.97 Å². The molecule has 0 aliphatic heterocycles. The molecular formula is C13H21N3O3S. The molecule has 0 atom stereocenters. The lowest BCUT2D eigenvalue weighted by molar-refractivity contribution is -0.142. The van der Waals surface area contributed by atoms with Crippen LogP contribution in [-0.4, -0.2) is 35.1 Å². The molecule has 7 heteroatoms. The van der Waals surface area contributed by atoms with E-state index in [9.17, 15) is 9.59 Å². The van der Waals surface area contributed by atoms with Gasteiger partial charge in [0.15, 0.2) is 5.13 Å². The van der Waals surface area contributed by atoms with Gasteiger partial charge in [0.1, 0.15) is 5.41 Å². The first-order chi connectivity index (χ1) is 9.37. The molecule has 1 heterocycles. The first-order valence-electron chi connectivity index (χ1n) is 6.58. The van der Waals surface area contributed by atoms with Crippen LogP contribution in [0.4, 0.5) is 5.13 Å². The highest BCUT2D eigenvalue weighted by atomic mass is 32.1. The average Bonchev–Trinajstić information content (AvgIpc) is 2.85. The normalized spacial score (nSPS) is 11.2. The van der Waals surface area contributed by atoms with Gasteiger partial charge in [-0.25, -0.2) is 4.98 Å². The highest BCUT2D eigenvalue weighted by Gasteiger charge is 2.32. The lowest BCUT2D eigenvalue weighted by Crippen LogP contribution is -2.29. The van der Waals surface area contributed by atoms with Crippen LogP contribution in [0.2, 0.25) is 0 Å². The summed E-state index contributed by atoms with van der Waals surface area (Å²) in [7, 11) is 0. The van der Waals surface area contributed by atoms with E-state index in [2.05, 4.69) is 15.6 Å². The zero-order chi connectivity index (χ0) is 15.2. The van der Waals surface area contributed by atoms with Crippen LogP contribution in [0.5, 0.6) is 0 Å². The number of thiazole rings is 1. The fourth-order valence-electron chi connectivity index (χ4n) is 1.39. The minimum Gasteiger partial charge on any atom is -0.481 e. The number of carbonyl (C=O) groups is 2. The Morgan fingerprint density at radius 1 is 1.40 bits per heavy atom. The van der Waals surface area contributed by atoms with Gasteiger partial charge in [0.2, 0.25) is 5.91 Å². The Balaban J connectivity index is 2.45. The largest absolute Gasteiger partial charge is 0.481 e. The lowest BCUT2D eigenvalue weighted by Gasteiger charge is -2.15. The summed E-state index contributed by atoms with van der Waals surface area (Å²) >= 11 is 1.35. The predicted octanol–water partition coefficient (Wildman–Crippen LogP) is 1.83. The van der Waals surface area contributed by atoms with Crippen molar-refractivity contribution in [2.75, 3.05) is 18.4 Å². The molecule has 1 rings (SSSR count). The molecule has 1 aromatic rings. The van der Waals surface area contributed by atoms with Crippen molar-refractivity contribution in [1.82, 2.24) is 10.3 Å². The quantitative estimate of drug-likeness (QED) is 0.681. The van der Waals surface area contributed by atoms with Gasteiger partial charge in [-0.05, 0) is 20.3 Å². The van der Waals surface area contributed by atoms with Crippen molar-refractivity contribution in [3.05, 3.63) is 11.1 Å². The molecule has 3 N–H and O–H groups in total.